The molecule has 4 heteroatoms. The second-order valence-corrected chi connectivity index (χ2v) is 4.15. The van der Waals surface area contributed by atoms with Crippen molar-refractivity contribution in [1.82, 2.24) is 0 Å². The van der Waals surface area contributed by atoms with Gasteiger partial charge < -0.3 is 0 Å². The molecule has 0 atom stereocenters. The minimum atomic E-state index is -0.550. The molecule has 1 aliphatic rings. The molecule has 1 fully saturated rings. The molecular weight excluding hydrogens is 218 g/mol. The lowest BCUT2D eigenvalue weighted by Gasteiger charge is -1.99. The highest BCUT2D eigenvalue weighted by atomic mass is 16.6. The van der Waals surface area contributed by atoms with E-state index in [-0.39, 0.29) is 11.3 Å². The Kier molecular flexibility index (Phi) is 2.92. The molecule has 1 aromatic rings. The lowest BCUT2D eigenvalue weighted by Crippen LogP contribution is -2.02. The summed E-state index contributed by atoms with van der Waals surface area (Å²) in [5.41, 5.74) is 0.723. The van der Waals surface area contributed by atoms with Gasteiger partial charge in [-0.3, -0.25) is 14.9 Å². The summed E-state index contributed by atoms with van der Waals surface area (Å²) < 4.78 is 0. The fraction of sp³-hybridized carbons (Fsp3) is 0.308. The van der Waals surface area contributed by atoms with E-state index in [0.717, 1.165) is 18.4 Å². The maximum atomic E-state index is 11.8. The molecule has 2 rings (SSSR count). The predicted octanol–water partition coefficient (Wildman–Crippen LogP) is 2.50. The molecule has 1 saturated carbocycles. The Balaban J connectivity index is 2.35. The van der Waals surface area contributed by atoms with E-state index in [1.54, 1.807) is 13.0 Å². The van der Waals surface area contributed by atoms with Crippen LogP contribution >= 0.6 is 0 Å². The zero-order chi connectivity index (χ0) is 12.4. The second-order valence-electron chi connectivity index (χ2n) is 4.15. The van der Waals surface area contributed by atoms with Crippen LogP contribution in [0.3, 0.4) is 0 Å². The molecule has 0 N–H and O–H groups in total. The van der Waals surface area contributed by atoms with Gasteiger partial charge in [-0.1, -0.05) is 12.0 Å². The van der Waals surface area contributed by atoms with E-state index < -0.39 is 10.7 Å². The summed E-state index contributed by atoms with van der Waals surface area (Å²) >= 11 is 0. The van der Waals surface area contributed by atoms with E-state index in [1.807, 2.05) is 0 Å². The van der Waals surface area contributed by atoms with E-state index in [4.69, 9.17) is 0 Å². The molecule has 4 nitrogen and oxygen atoms in total. The smallest absolute Gasteiger partial charge is 0.279 e. The van der Waals surface area contributed by atoms with Crippen LogP contribution in [0, 0.1) is 34.8 Å². The average Bonchev–Trinajstić information content (AvgIpc) is 3.09. The van der Waals surface area contributed by atoms with Crippen molar-refractivity contribution < 1.29 is 9.72 Å². The first-order chi connectivity index (χ1) is 8.08. The number of benzene rings is 1. The summed E-state index contributed by atoms with van der Waals surface area (Å²) in [5, 5.41) is 10.8. The van der Waals surface area contributed by atoms with Gasteiger partial charge in [-0.25, -0.2) is 0 Å². The van der Waals surface area contributed by atoms with Crippen LogP contribution in [0.5, 0.6) is 0 Å². The van der Waals surface area contributed by atoms with E-state index in [2.05, 4.69) is 11.8 Å². The molecule has 0 spiro atoms. The first-order valence-electron chi connectivity index (χ1n) is 5.39. The Morgan fingerprint density at radius 2 is 2.18 bits per heavy atom. The van der Waals surface area contributed by atoms with E-state index in [0.29, 0.717) is 5.92 Å². The van der Waals surface area contributed by atoms with Gasteiger partial charge in [-0.05, 0) is 37.3 Å². The number of Topliss-reactive ketones (excluding diaryl/α,β-unsaturated/α-hetero) is 1. The number of nitro benzene ring substituents is 1. The maximum Gasteiger partial charge on any atom is 0.281 e. The van der Waals surface area contributed by atoms with Gasteiger partial charge in [0.1, 0.15) is 5.56 Å². The Morgan fingerprint density at radius 3 is 2.76 bits per heavy atom. The van der Waals surface area contributed by atoms with E-state index in [9.17, 15) is 14.9 Å². The van der Waals surface area contributed by atoms with Gasteiger partial charge in [0, 0.05) is 12.0 Å². The lowest BCUT2D eigenvalue weighted by atomic mass is 10.1. The summed E-state index contributed by atoms with van der Waals surface area (Å²) in [5.74, 6) is 5.15. The molecule has 0 aromatic heterocycles. The van der Waals surface area contributed by atoms with Crippen LogP contribution in [0.1, 0.15) is 28.8 Å². The fourth-order valence-corrected chi connectivity index (χ4v) is 1.45. The highest BCUT2D eigenvalue weighted by Gasteiger charge is 2.21. The molecule has 0 amide bonds. The Morgan fingerprint density at radius 1 is 1.47 bits per heavy atom. The van der Waals surface area contributed by atoms with Crippen molar-refractivity contribution in [2.75, 3.05) is 0 Å². The molecule has 0 heterocycles. The van der Waals surface area contributed by atoms with Crippen molar-refractivity contribution >= 4 is 11.5 Å². The summed E-state index contributed by atoms with van der Waals surface area (Å²) in [6.07, 6.45) is 2.05. The minimum Gasteiger partial charge on any atom is -0.279 e. The zero-order valence-corrected chi connectivity index (χ0v) is 9.40. The number of hydrogen-bond acceptors (Lipinski definition) is 3. The molecule has 0 radical (unpaired) electrons. The van der Waals surface area contributed by atoms with Crippen molar-refractivity contribution in [2.24, 2.45) is 5.92 Å². The van der Waals surface area contributed by atoms with Gasteiger partial charge in [-0.2, -0.15) is 0 Å². The summed E-state index contributed by atoms with van der Waals surface area (Å²) in [4.78, 5) is 22.0. The van der Waals surface area contributed by atoms with Gasteiger partial charge in [0.05, 0.1) is 4.92 Å². The molecule has 0 saturated heterocycles. The van der Waals surface area contributed by atoms with Gasteiger partial charge in [0.15, 0.2) is 0 Å². The summed E-state index contributed by atoms with van der Waals surface area (Å²) in [6, 6.07) is 4.48. The van der Waals surface area contributed by atoms with E-state index >= 15 is 0 Å². The molecule has 1 aliphatic carbocycles. The first-order valence-corrected chi connectivity index (χ1v) is 5.39. The Hall–Kier alpha value is -2.15. The topological polar surface area (TPSA) is 60.2 Å². The van der Waals surface area contributed by atoms with Crippen molar-refractivity contribution in [3.05, 3.63) is 39.4 Å². The summed E-state index contributed by atoms with van der Waals surface area (Å²) in [6.45, 7) is 1.79. The van der Waals surface area contributed by atoms with Crippen LogP contribution in [-0.2, 0) is 0 Å². The van der Waals surface area contributed by atoms with Crippen LogP contribution in [0.4, 0.5) is 5.69 Å². The number of carbonyl (C=O) groups is 1. The van der Waals surface area contributed by atoms with Gasteiger partial charge in [0.25, 0.3) is 5.69 Å². The third kappa shape index (κ3) is 2.70. The van der Waals surface area contributed by atoms with E-state index in [1.165, 1.54) is 12.1 Å². The zero-order valence-electron chi connectivity index (χ0n) is 9.40. The minimum absolute atomic E-state index is 0.0863. The Labute approximate surface area is 98.8 Å². The summed E-state index contributed by atoms with van der Waals surface area (Å²) in [7, 11) is 0. The van der Waals surface area contributed by atoms with Crippen molar-refractivity contribution in [1.29, 1.82) is 0 Å². The number of hydrogen-bond donors (Lipinski definition) is 0. The lowest BCUT2D eigenvalue weighted by molar-refractivity contribution is -0.385. The number of nitro groups is 1. The number of aryl methyl sites for hydroxylation is 1. The van der Waals surface area contributed by atoms with Crippen molar-refractivity contribution in [3.63, 3.8) is 0 Å². The number of rotatable bonds is 2. The largest absolute Gasteiger partial charge is 0.281 e. The van der Waals surface area contributed by atoms with Gasteiger partial charge >= 0.3 is 0 Å². The molecular formula is C13H11NO3. The van der Waals surface area contributed by atoms with Gasteiger partial charge in [-0.15, -0.1) is 0 Å². The van der Waals surface area contributed by atoms with Crippen molar-refractivity contribution in [2.45, 2.75) is 19.8 Å². The third-order valence-corrected chi connectivity index (χ3v) is 2.56. The van der Waals surface area contributed by atoms with Crippen LogP contribution in [0.2, 0.25) is 0 Å². The number of nitrogens with zero attached hydrogens (tertiary/aromatic N) is 1. The number of carbonyl (C=O) groups excluding carboxylic acids is 1. The first kappa shape index (κ1) is 11.3. The molecule has 0 unspecified atom stereocenters. The van der Waals surface area contributed by atoms with Crippen LogP contribution < -0.4 is 0 Å². The Bertz CT molecular complexity index is 548. The second kappa shape index (κ2) is 4.38. The monoisotopic (exact) mass is 229 g/mol. The standard InChI is InChI=1S/C13H11NO3/c1-9-2-6-12(14(16)17)11(8-9)13(15)7-5-10-3-4-10/h2,6,8,10H,3-4H2,1H3. The van der Waals surface area contributed by atoms with Crippen LogP contribution in [0.25, 0.3) is 0 Å². The number of ketones is 1. The van der Waals surface area contributed by atoms with Gasteiger partial charge in [0.2, 0.25) is 5.78 Å². The van der Waals surface area contributed by atoms with Crippen molar-refractivity contribution in [3.8, 4) is 11.8 Å². The highest BCUT2D eigenvalue weighted by molar-refractivity contribution is 6.11. The quantitative estimate of drug-likeness (QED) is 0.257. The molecule has 0 aliphatic heterocycles. The fourth-order valence-electron chi connectivity index (χ4n) is 1.45. The predicted molar refractivity (Wildman–Crippen MR) is 62.7 cm³/mol. The molecule has 86 valence electrons. The molecule has 17 heavy (non-hydrogen) atoms. The molecule has 1 aromatic carbocycles. The maximum absolute atomic E-state index is 11.8. The third-order valence-electron chi connectivity index (χ3n) is 2.56. The van der Waals surface area contributed by atoms with Crippen LogP contribution in [0.15, 0.2) is 18.2 Å². The highest BCUT2D eigenvalue weighted by Crippen LogP contribution is 2.27. The van der Waals surface area contributed by atoms with Crippen LogP contribution in [-0.4, -0.2) is 10.7 Å². The average molecular weight is 229 g/mol. The molecule has 0 bridgehead atoms. The normalized spacial score (nSPS) is 13.7. The SMILES string of the molecule is Cc1ccc([N+](=O)[O-])c(C(=O)C#CC2CC2)c1.